The van der Waals surface area contributed by atoms with E-state index in [9.17, 15) is 4.39 Å². The van der Waals surface area contributed by atoms with Crippen molar-refractivity contribution in [3.8, 4) is 5.69 Å². The quantitative estimate of drug-likeness (QED) is 0.664. The first-order chi connectivity index (χ1) is 6.27. The second-order valence-corrected chi connectivity index (χ2v) is 2.77. The lowest BCUT2D eigenvalue weighted by atomic mass is 10.2. The summed E-state index contributed by atoms with van der Waals surface area (Å²) in [5.74, 6) is -0.235. The van der Waals surface area contributed by atoms with E-state index in [0.29, 0.717) is 0 Å². The van der Waals surface area contributed by atoms with Gasteiger partial charge in [0.15, 0.2) is 0 Å². The summed E-state index contributed by atoms with van der Waals surface area (Å²) in [6, 6.07) is 4.56. The van der Waals surface area contributed by atoms with E-state index in [4.69, 9.17) is 0 Å². The Morgan fingerprint density at radius 1 is 1.38 bits per heavy atom. The number of hydrogen-bond acceptors (Lipinski definition) is 2. The molecule has 66 valence electrons. The number of hydrogen-bond donors (Lipinski definition) is 0. The molecule has 0 aliphatic rings. The molecule has 0 fully saturated rings. The zero-order valence-corrected chi connectivity index (χ0v) is 7.11. The highest BCUT2D eigenvalue weighted by Crippen LogP contribution is 2.13. The summed E-state index contributed by atoms with van der Waals surface area (Å²) in [7, 11) is 0. The Bertz CT molecular complexity index is 409. The molecule has 0 N–H and O–H groups in total. The normalized spacial score (nSPS) is 10.3. The van der Waals surface area contributed by atoms with Crippen LogP contribution in [0.15, 0.2) is 30.9 Å². The molecule has 1 aromatic heterocycles. The lowest BCUT2D eigenvalue weighted by Gasteiger charge is -2.03. The standard InChI is InChI=1S/C9H8FN3/c1-7-4-8(10)2-3-9(7)13-6-11-5-12-13/h2-6H,1H3. The van der Waals surface area contributed by atoms with Gasteiger partial charge in [-0.05, 0) is 30.7 Å². The third-order valence-electron chi connectivity index (χ3n) is 1.82. The fourth-order valence-corrected chi connectivity index (χ4v) is 1.21. The molecule has 0 bridgehead atoms. The molecule has 0 unspecified atom stereocenters. The summed E-state index contributed by atoms with van der Waals surface area (Å²) in [6.45, 7) is 1.83. The second kappa shape index (κ2) is 2.97. The van der Waals surface area contributed by atoms with Gasteiger partial charge < -0.3 is 0 Å². The molecule has 0 aliphatic carbocycles. The molecule has 1 heterocycles. The van der Waals surface area contributed by atoms with Crippen LogP contribution in [-0.2, 0) is 0 Å². The molecule has 0 saturated heterocycles. The fourth-order valence-electron chi connectivity index (χ4n) is 1.21. The van der Waals surface area contributed by atoms with Crippen LogP contribution in [0.3, 0.4) is 0 Å². The maximum absolute atomic E-state index is 12.7. The SMILES string of the molecule is Cc1cc(F)ccc1-n1cncn1. The number of rotatable bonds is 1. The van der Waals surface area contributed by atoms with Crippen LogP contribution in [0.1, 0.15) is 5.56 Å². The fraction of sp³-hybridized carbons (Fsp3) is 0.111. The minimum Gasteiger partial charge on any atom is -0.223 e. The van der Waals surface area contributed by atoms with E-state index in [1.807, 2.05) is 6.92 Å². The Kier molecular flexibility index (Phi) is 1.81. The van der Waals surface area contributed by atoms with Crippen LogP contribution >= 0.6 is 0 Å². The number of benzene rings is 1. The molecular weight excluding hydrogens is 169 g/mol. The average Bonchev–Trinajstić information content (AvgIpc) is 2.56. The van der Waals surface area contributed by atoms with Gasteiger partial charge in [0, 0.05) is 0 Å². The van der Waals surface area contributed by atoms with Gasteiger partial charge in [-0.15, -0.1) is 0 Å². The molecule has 0 aliphatic heterocycles. The first kappa shape index (κ1) is 7.91. The summed E-state index contributed by atoms with van der Waals surface area (Å²) >= 11 is 0. The van der Waals surface area contributed by atoms with Crippen molar-refractivity contribution in [1.29, 1.82) is 0 Å². The third kappa shape index (κ3) is 1.42. The van der Waals surface area contributed by atoms with Gasteiger partial charge in [0.2, 0.25) is 0 Å². The van der Waals surface area contributed by atoms with E-state index in [0.717, 1.165) is 11.3 Å². The molecule has 0 radical (unpaired) electrons. The average molecular weight is 177 g/mol. The van der Waals surface area contributed by atoms with Crippen LogP contribution in [0, 0.1) is 12.7 Å². The van der Waals surface area contributed by atoms with Gasteiger partial charge in [-0.1, -0.05) is 0 Å². The number of nitrogens with zero attached hydrogens (tertiary/aromatic N) is 3. The van der Waals surface area contributed by atoms with Crippen molar-refractivity contribution in [2.75, 3.05) is 0 Å². The Morgan fingerprint density at radius 2 is 2.23 bits per heavy atom. The highest BCUT2D eigenvalue weighted by atomic mass is 19.1. The number of aryl methyl sites for hydroxylation is 1. The van der Waals surface area contributed by atoms with Crippen molar-refractivity contribution >= 4 is 0 Å². The van der Waals surface area contributed by atoms with Crippen molar-refractivity contribution in [1.82, 2.24) is 14.8 Å². The van der Waals surface area contributed by atoms with E-state index in [-0.39, 0.29) is 5.82 Å². The summed E-state index contributed by atoms with van der Waals surface area (Å²) in [6.07, 6.45) is 3.03. The van der Waals surface area contributed by atoms with Gasteiger partial charge in [-0.25, -0.2) is 14.1 Å². The topological polar surface area (TPSA) is 30.7 Å². The zero-order valence-electron chi connectivity index (χ0n) is 7.11. The monoisotopic (exact) mass is 177 g/mol. The zero-order chi connectivity index (χ0) is 9.26. The summed E-state index contributed by atoms with van der Waals surface area (Å²) in [5.41, 5.74) is 1.68. The van der Waals surface area contributed by atoms with Crippen molar-refractivity contribution in [2.45, 2.75) is 6.92 Å². The Hall–Kier alpha value is -1.71. The van der Waals surface area contributed by atoms with Crippen molar-refractivity contribution < 1.29 is 4.39 Å². The van der Waals surface area contributed by atoms with Crippen LogP contribution < -0.4 is 0 Å². The minimum absolute atomic E-state index is 0.235. The molecule has 1 aromatic carbocycles. The van der Waals surface area contributed by atoms with Gasteiger partial charge in [0.05, 0.1) is 5.69 Å². The van der Waals surface area contributed by atoms with Gasteiger partial charge >= 0.3 is 0 Å². The first-order valence-electron chi connectivity index (χ1n) is 3.88. The van der Waals surface area contributed by atoms with Crippen LogP contribution in [0.25, 0.3) is 5.69 Å². The molecule has 0 atom stereocenters. The lowest BCUT2D eigenvalue weighted by molar-refractivity contribution is 0.625. The third-order valence-corrected chi connectivity index (χ3v) is 1.82. The van der Waals surface area contributed by atoms with Gasteiger partial charge in [-0.2, -0.15) is 5.10 Å². The van der Waals surface area contributed by atoms with E-state index in [1.165, 1.54) is 18.5 Å². The van der Waals surface area contributed by atoms with Crippen LogP contribution in [0.5, 0.6) is 0 Å². The summed E-state index contributed by atoms with van der Waals surface area (Å²) < 4.78 is 14.3. The van der Waals surface area contributed by atoms with Crippen LogP contribution in [0.2, 0.25) is 0 Å². The minimum atomic E-state index is -0.235. The summed E-state index contributed by atoms with van der Waals surface area (Å²) in [4.78, 5) is 3.82. The van der Waals surface area contributed by atoms with Crippen molar-refractivity contribution in [3.05, 3.63) is 42.2 Å². The number of halogens is 1. The molecule has 2 aromatic rings. The maximum atomic E-state index is 12.7. The Balaban J connectivity index is 2.53. The molecular formula is C9H8FN3. The number of aromatic nitrogens is 3. The summed E-state index contributed by atoms with van der Waals surface area (Å²) in [5, 5.41) is 3.96. The van der Waals surface area contributed by atoms with E-state index in [1.54, 1.807) is 17.1 Å². The van der Waals surface area contributed by atoms with Crippen molar-refractivity contribution in [3.63, 3.8) is 0 Å². The lowest BCUT2D eigenvalue weighted by Crippen LogP contribution is -1.97. The van der Waals surface area contributed by atoms with Gasteiger partial charge in [-0.3, -0.25) is 0 Å². The van der Waals surface area contributed by atoms with Crippen LogP contribution in [0.4, 0.5) is 4.39 Å². The highest BCUT2D eigenvalue weighted by Gasteiger charge is 2.01. The van der Waals surface area contributed by atoms with Crippen LogP contribution in [-0.4, -0.2) is 14.8 Å². The second-order valence-electron chi connectivity index (χ2n) is 2.77. The predicted molar refractivity (Wildman–Crippen MR) is 46.1 cm³/mol. The predicted octanol–water partition coefficient (Wildman–Crippen LogP) is 1.71. The largest absolute Gasteiger partial charge is 0.223 e. The van der Waals surface area contributed by atoms with E-state index in [2.05, 4.69) is 10.1 Å². The molecule has 0 spiro atoms. The molecule has 4 heteroatoms. The van der Waals surface area contributed by atoms with E-state index < -0.39 is 0 Å². The van der Waals surface area contributed by atoms with Gasteiger partial charge in [0.25, 0.3) is 0 Å². The smallest absolute Gasteiger partial charge is 0.138 e. The van der Waals surface area contributed by atoms with Crippen molar-refractivity contribution in [2.24, 2.45) is 0 Å². The molecule has 0 saturated carbocycles. The Labute approximate surface area is 74.8 Å². The molecule has 13 heavy (non-hydrogen) atoms. The maximum Gasteiger partial charge on any atom is 0.138 e. The molecule has 2 rings (SSSR count). The first-order valence-corrected chi connectivity index (χ1v) is 3.88. The highest BCUT2D eigenvalue weighted by molar-refractivity contribution is 5.38. The Morgan fingerprint density at radius 3 is 2.85 bits per heavy atom. The molecule has 3 nitrogen and oxygen atoms in total. The van der Waals surface area contributed by atoms with E-state index >= 15 is 0 Å². The van der Waals surface area contributed by atoms with Gasteiger partial charge in [0.1, 0.15) is 18.5 Å². The molecule has 0 amide bonds.